The van der Waals surface area contributed by atoms with Crippen molar-refractivity contribution in [3.8, 4) is 5.75 Å². The summed E-state index contributed by atoms with van der Waals surface area (Å²) < 4.78 is 5.58. The maximum atomic E-state index is 12.7. The van der Waals surface area contributed by atoms with Crippen molar-refractivity contribution in [1.29, 1.82) is 0 Å². The third-order valence-electron chi connectivity index (χ3n) is 6.18. The molecule has 0 atom stereocenters. The van der Waals surface area contributed by atoms with Gasteiger partial charge in [-0.3, -0.25) is 19.5 Å². The number of anilines is 1. The van der Waals surface area contributed by atoms with Gasteiger partial charge in [0.25, 0.3) is 5.91 Å². The van der Waals surface area contributed by atoms with Crippen LogP contribution in [-0.4, -0.2) is 54.3 Å². The zero-order chi connectivity index (χ0) is 22.7. The number of para-hydroxylation sites is 2. The van der Waals surface area contributed by atoms with Crippen LogP contribution in [0.1, 0.15) is 36.5 Å². The van der Waals surface area contributed by atoms with Crippen molar-refractivity contribution >= 4 is 23.2 Å². The van der Waals surface area contributed by atoms with E-state index in [2.05, 4.69) is 22.5 Å². The molecule has 0 bridgehead atoms. The van der Waals surface area contributed by atoms with Crippen LogP contribution < -0.4 is 15.4 Å². The average molecular weight is 435 g/mol. The van der Waals surface area contributed by atoms with Crippen LogP contribution in [-0.2, 0) is 9.59 Å². The Bertz CT molecular complexity index is 1050. The van der Waals surface area contributed by atoms with Gasteiger partial charge in [-0.1, -0.05) is 24.3 Å². The van der Waals surface area contributed by atoms with Gasteiger partial charge in [0.15, 0.2) is 0 Å². The Hall–Kier alpha value is -3.19. The number of rotatable bonds is 6. The smallest absolute Gasteiger partial charge is 0.272 e. The van der Waals surface area contributed by atoms with Crippen molar-refractivity contribution in [2.24, 2.45) is 4.99 Å². The first-order valence-electron chi connectivity index (χ1n) is 11.1. The summed E-state index contributed by atoms with van der Waals surface area (Å²) in [5.41, 5.74) is 3.81. The number of carbonyl (C=O) groups is 2. The molecule has 2 heterocycles. The first-order chi connectivity index (χ1) is 15.4. The highest BCUT2D eigenvalue weighted by Gasteiger charge is 2.42. The summed E-state index contributed by atoms with van der Waals surface area (Å²) in [6.45, 7) is 8.21. The Kier molecular flexibility index (Phi) is 6.28. The van der Waals surface area contributed by atoms with Gasteiger partial charge in [-0.2, -0.15) is 0 Å². The van der Waals surface area contributed by atoms with Gasteiger partial charge in [-0.25, -0.2) is 0 Å². The average Bonchev–Trinajstić information content (AvgIpc) is 3.09. The number of piperidine rings is 1. The van der Waals surface area contributed by atoms with Crippen molar-refractivity contribution in [2.75, 3.05) is 31.6 Å². The summed E-state index contributed by atoms with van der Waals surface area (Å²) >= 11 is 0. The van der Waals surface area contributed by atoms with Gasteiger partial charge in [0.05, 0.1) is 18.8 Å². The molecule has 2 aromatic rings. The van der Waals surface area contributed by atoms with E-state index in [-0.39, 0.29) is 18.4 Å². The fraction of sp³-hybridized carbons (Fsp3) is 0.400. The van der Waals surface area contributed by atoms with Crippen LogP contribution in [0.3, 0.4) is 0 Å². The Labute approximate surface area is 188 Å². The number of nitrogens with one attached hydrogen (secondary N) is 2. The molecule has 0 saturated carbocycles. The highest BCUT2D eigenvalue weighted by Crippen LogP contribution is 2.29. The van der Waals surface area contributed by atoms with E-state index in [9.17, 15) is 9.59 Å². The Morgan fingerprint density at radius 2 is 1.91 bits per heavy atom. The summed E-state index contributed by atoms with van der Waals surface area (Å²) in [6, 6.07) is 13.4. The second-order valence-electron chi connectivity index (χ2n) is 8.50. The second-order valence-corrected chi connectivity index (χ2v) is 8.50. The van der Waals surface area contributed by atoms with Crippen molar-refractivity contribution in [1.82, 2.24) is 10.2 Å². The molecule has 0 radical (unpaired) electrons. The van der Waals surface area contributed by atoms with Crippen LogP contribution in [0.4, 0.5) is 5.69 Å². The van der Waals surface area contributed by atoms with Crippen molar-refractivity contribution in [3.63, 3.8) is 0 Å². The predicted octanol–water partition coefficient (Wildman–Crippen LogP) is 3.05. The Balaban J connectivity index is 1.37. The van der Waals surface area contributed by atoms with Gasteiger partial charge in [0, 0.05) is 31.5 Å². The van der Waals surface area contributed by atoms with Gasteiger partial charge < -0.3 is 15.4 Å². The second kappa shape index (κ2) is 9.12. The maximum Gasteiger partial charge on any atom is 0.272 e. The van der Waals surface area contributed by atoms with E-state index in [0.29, 0.717) is 49.7 Å². The standard InChI is InChI=1S/C25H30N4O3/c1-4-32-21-8-6-5-7-20(21)26-22(30)16-29-13-11-25(12-14-29)27-23(24(31)28-25)19-10-9-17(2)18(3)15-19/h5-10,15H,4,11-14,16H2,1-3H3,(H,26,30)(H,28,31). The number of ether oxygens (including phenoxy) is 1. The molecule has 0 aliphatic carbocycles. The van der Waals surface area contributed by atoms with Gasteiger partial charge >= 0.3 is 0 Å². The molecule has 4 rings (SSSR count). The van der Waals surface area contributed by atoms with E-state index in [0.717, 1.165) is 11.1 Å². The Morgan fingerprint density at radius 3 is 2.62 bits per heavy atom. The minimum atomic E-state index is -0.570. The summed E-state index contributed by atoms with van der Waals surface area (Å²) in [5, 5.41) is 6.05. The largest absolute Gasteiger partial charge is 0.492 e. The molecule has 1 saturated heterocycles. The number of benzene rings is 2. The lowest BCUT2D eigenvalue weighted by atomic mass is 9.98. The quantitative estimate of drug-likeness (QED) is 0.732. The zero-order valence-corrected chi connectivity index (χ0v) is 18.9. The number of aryl methyl sites for hydroxylation is 2. The van der Waals surface area contributed by atoms with Crippen LogP contribution in [0, 0.1) is 13.8 Å². The van der Waals surface area contributed by atoms with E-state index in [1.165, 1.54) is 5.56 Å². The Morgan fingerprint density at radius 1 is 1.16 bits per heavy atom. The van der Waals surface area contributed by atoms with Crippen LogP contribution in [0.5, 0.6) is 5.75 Å². The summed E-state index contributed by atoms with van der Waals surface area (Å²) in [6.07, 6.45) is 1.35. The van der Waals surface area contributed by atoms with E-state index in [1.807, 2.05) is 56.3 Å². The zero-order valence-electron chi connectivity index (χ0n) is 18.9. The number of hydrogen-bond donors (Lipinski definition) is 2. The lowest BCUT2D eigenvalue weighted by molar-refractivity contribution is -0.119. The number of likely N-dealkylation sites (tertiary alicyclic amines) is 1. The van der Waals surface area contributed by atoms with E-state index < -0.39 is 5.66 Å². The number of aliphatic imine (C=N–C) groups is 1. The molecule has 32 heavy (non-hydrogen) atoms. The fourth-order valence-electron chi connectivity index (χ4n) is 4.21. The maximum absolute atomic E-state index is 12.7. The van der Waals surface area contributed by atoms with Crippen LogP contribution in [0.25, 0.3) is 0 Å². The first kappa shape index (κ1) is 22.0. The van der Waals surface area contributed by atoms with Crippen LogP contribution in [0.2, 0.25) is 0 Å². The van der Waals surface area contributed by atoms with E-state index in [4.69, 9.17) is 9.73 Å². The third kappa shape index (κ3) is 4.67. The molecule has 7 heteroatoms. The normalized spacial score (nSPS) is 17.7. The molecular weight excluding hydrogens is 404 g/mol. The highest BCUT2D eigenvalue weighted by molar-refractivity contribution is 6.46. The SMILES string of the molecule is CCOc1ccccc1NC(=O)CN1CCC2(CC1)N=C(c1ccc(C)c(C)c1)C(=O)N2. The van der Waals surface area contributed by atoms with Gasteiger partial charge in [-0.15, -0.1) is 0 Å². The minimum Gasteiger partial charge on any atom is -0.492 e. The first-order valence-corrected chi connectivity index (χ1v) is 11.1. The minimum absolute atomic E-state index is 0.0807. The number of nitrogens with zero attached hydrogens (tertiary/aromatic N) is 2. The third-order valence-corrected chi connectivity index (χ3v) is 6.18. The summed E-state index contributed by atoms with van der Waals surface area (Å²) in [5.74, 6) is 0.470. The molecule has 2 amide bonds. The van der Waals surface area contributed by atoms with Gasteiger partial charge in [-0.05, 0) is 50.1 Å². The lowest BCUT2D eigenvalue weighted by Crippen LogP contribution is -2.52. The van der Waals surface area contributed by atoms with E-state index >= 15 is 0 Å². The van der Waals surface area contributed by atoms with E-state index in [1.54, 1.807) is 0 Å². The van der Waals surface area contributed by atoms with Gasteiger partial charge in [0.2, 0.25) is 5.91 Å². The highest BCUT2D eigenvalue weighted by atomic mass is 16.5. The lowest BCUT2D eigenvalue weighted by Gasteiger charge is -2.36. The molecule has 2 aromatic carbocycles. The number of amides is 2. The molecular formula is C25H30N4O3. The van der Waals surface area contributed by atoms with Crippen LogP contribution >= 0.6 is 0 Å². The topological polar surface area (TPSA) is 83.0 Å². The molecule has 7 nitrogen and oxygen atoms in total. The molecule has 0 aromatic heterocycles. The molecule has 0 unspecified atom stereocenters. The molecule has 168 valence electrons. The molecule has 1 fully saturated rings. The van der Waals surface area contributed by atoms with Crippen LogP contribution in [0.15, 0.2) is 47.5 Å². The summed E-state index contributed by atoms with van der Waals surface area (Å²) in [7, 11) is 0. The van der Waals surface area contributed by atoms with Crippen molar-refractivity contribution < 1.29 is 14.3 Å². The van der Waals surface area contributed by atoms with Crippen molar-refractivity contribution in [3.05, 3.63) is 59.2 Å². The monoisotopic (exact) mass is 434 g/mol. The molecule has 1 spiro atoms. The molecule has 2 N–H and O–H groups in total. The predicted molar refractivity (Wildman–Crippen MR) is 125 cm³/mol. The number of hydrogen-bond acceptors (Lipinski definition) is 5. The summed E-state index contributed by atoms with van der Waals surface area (Å²) in [4.78, 5) is 32.2. The molecule has 2 aliphatic heterocycles. The number of carbonyl (C=O) groups excluding carboxylic acids is 2. The fourth-order valence-corrected chi connectivity index (χ4v) is 4.21. The molecule has 2 aliphatic rings. The van der Waals surface area contributed by atoms with Gasteiger partial charge in [0.1, 0.15) is 17.1 Å². The van der Waals surface area contributed by atoms with Crippen molar-refractivity contribution in [2.45, 2.75) is 39.3 Å².